The van der Waals surface area contributed by atoms with Gasteiger partial charge in [-0.15, -0.1) is 11.3 Å². The smallest absolute Gasteiger partial charge is 0.341 e. The van der Waals surface area contributed by atoms with Gasteiger partial charge in [-0.2, -0.15) is 0 Å². The Morgan fingerprint density at radius 2 is 1.96 bits per heavy atom. The Hall–Kier alpha value is -1.44. The Labute approximate surface area is 158 Å². The summed E-state index contributed by atoms with van der Waals surface area (Å²) in [5.41, 5.74) is 1.61. The fraction of sp³-hybridized carbons (Fsp3) is 0.684. The largest absolute Gasteiger partial charge is 0.465 e. The second-order valence-corrected chi connectivity index (χ2v) is 8.65. The molecule has 7 heteroatoms. The van der Waals surface area contributed by atoms with E-state index in [1.54, 1.807) is 0 Å². The molecule has 0 radical (unpaired) electrons. The Bertz CT molecular complexity index is 677. The number of nitrogens with one attached hydrogen (secondary N) is 1. The van der Waals surface area contributed by atoms with Crippen molar-refractivity contribution in [1.29, 1.82) is 0 Å². The first kappa shape index (κ1) is 19.3. The summed E-state index contributed by atoms with van der Waals surface area (Å²) in [5.74, 6) is 0.149. The Morgan fingerprint density at radius 3 is 2.62 bits per heavy atom. The predicted octanol–water partition coefficient (Wildman–Crippen LogP) is 2.71. The average Bonchev–Trinajstić information content (AvgIpc) is 2.89. The summed E-state index contributed by atoms with van der Waals surface area (Å²) in [6, 6.07) is 0. The van der Waals surface area contributed by atoms with Gasteiger partial charge in [-0.3, -0.25) is 9.69 Å². The van der Waals surface area contributed by atoms with E-state index in [1.165, 1.54) is 23.3 Å². The lowest BCUT2D eigenvalue weighted by Crippen LogP contribution is -2.48. The highest BCUT2D eigenvalue weighted by Gasteiger charge is 2.30. The number of fused-ring (bicyclic) bond motifs is 1. The van der Waals surface area contributed by atoms with Gasteiger partial charge in [-0.25, -0.2) is 4.79 Å². The maximum Gasteiger partial charge on any atom is 0.341 e. The van der Waals surface area contributed by atoms with Crippen molar-refractivity contribution in [3.05, 3.63) is 16.0 Å². The summed E-state index contributed by atoms with van der Waals surface area (Å²) < 4.78 is 10.7. The van der Waals surface area contributed by atoms with Crippen LogP contribution in [0.3, 0.4) is 0 Å². The summed E-state index contributed by atoms with van der Waals surface area (Å²) >= 11 is 1.52. The van der Waals surface area contributed by atoms with Crippen molar-refractivity contribution >= 4 is 28.2 Å². The SMILES string of the molecule is COC(=O)c1c(NC(=O)CN2C[C@@H](C)O[C@H](C)C2)sc2c1CC[C@H](C)C2. The molecule has 2 heterocycles. The Kier molecular flexibility index (Phi) is 5.99. The number of carbonyl (C=O) groups is 2. The molecule has 0 unspecified atom stereocenters. The van der Waals surface area contributed by atoms with Crippen LogP contribution in [0.4, 0.5) is 5.00 Å². The Balaban J connectivity index is 1.74. The van der Waals surface area contributed by atoms with Crippen molar-refractivity contribution in [2.24, 2.45) is 5.92 Å². The third-order valence-electron chi connectivity index (χ3n) is 5.02. The van der Waals surface area contributed by atoms with Gasteiger partial charge in [0.05, 0.1) is 31.4 Å². The summed E-state index contributed by atoms with van der Waals surface area (Å²) in [4.78, 5) is 28.2. The molecular weight excluding hydrogens is 352 g/mol. The van der Waals surface area contributed by atoms with Crippen LogP contribution < -0.4 is 5.32 Å². The van der Waals surface area contributed by atoms with Crippen molar-refractivity contribution in [3.63, 3.8) is 0 Å². The second kappa shape index (κ2) is 8.06. The van der Waals surface area contributed by atoms with Crippen molar-refractivity contribution < 1.29 is 19.1 Å². The molecule has 1 fully saturated rings. The molecule has 3 rings (SSSR count). The zero-order valence-corrected chi connectivity index (χ0v) is 16.8. The summed E-state index contributed by atoms with van der Waals surface area (Å²) in [7, 11) is 1.39. The summed E-state index contributed by atoms with van der Waals surface area (Å²) in [6.45, 7) is 8.03. The molecule has 1 aliphatic heterocycles. The fourth-order valence-corrected chi connectivity index (χ4v) is 5.35. The minimum Gasteiger partial charge on any atom is -0.465 e. The van der Waals surface area contributed by atoms with Gasteiger partial charge in [0.25, 0.3) is 0 Å². The number of amides is 1. The molecule has 144 valence electrons. The normalized spacial score (nSPS) is 26.2. The maximum absolute atomic E-state index is 12.6. The average molecular weight is 381 g/mol. The second-order valence-electron chi connectivity index (χ2n) is 7.55. The molecule has 26 heavy (non-hydrogen) atoms. The van der Waals surface area contributed by atoms with Crippen molar-refractivity contribution in [2.45, 2.75) is 52.2 Å². The van der Waals surface area contributed by atoms with Crippen LogP contribution in [0.5, 0.6) is 0 Å². The minimum absolute atomic E-state index is 0.0944. The molecule has 3 atom stereocenters. The number of rotatable bonds is 4. The van der Waals surface area contributed by atoms with E-state index in [-0.39, 0.29) is 24.1 Å². The van der Waals surface area contributed by atoms with Gasteiger partial charge in [-0.1, -0.05) is 6.92 Å². The molecule has 1 aliphatic carbocycles. The molecule has 0 bridgehead atoms. The lowest BCUT2D eigenvalue weighted by Gasteiger charge is -2.34. The van der Waals surface area contributed by atoms with Crippen molar-refractivity contribution in [2.75, 3.05) is 32.1 Å². The third kappa shape index (κ3) is 4.27. The monoisotopic (exact) mass is 380 g/mol. The van der Waals surface area contributed by atoms with Gasteiger partial charge in [0.2, 0.25) is 5.91 Å². The minimum atomic E-state index is -0.360. The first-order valence-corrected chi connectivity index (χ1v) is 10.1. The van der Waals surface area contributed by atoms with Gasteiger partial charge in [0.15, 0.2) is 0 Å². The van der Waals surface area contributed by atoms with Gasteiger partial charge >= 0.3 is 5.97 Å². The number of esters is 1. The van der Waals surface area contributed by atoms with Crippen LogP contribution in [-0.4, -0.2) is 55.7 Å². The quantitative estimate of drug-likeness (QED) is 0.814. The fourth-order valence-electron chi connectivity index (χ4n) is 3.94. The van der Waals surface area contributed by atoms with Crippen LogP contribution in [0.15, 0.2) is 0 Å². The van der Waals surface area contributed by atoms with Gasteiger partial charge in [0, 0.05) is 18.0 Å². The molecule has 1 aromatic heterocycles. The van der Waals surface area contributed by atoms with Crippen molar-refractivity contribution in [3.8, 4) is 0 Å². The zero-order chi connectivity index (χ0) is 18.8. The van der Waals surface area contributed by atoms with E-state index in [1.807, 2.05) is 13.8 Å². The third-order valence-corrected chi connectivity index (χ3v) is 6.19. The number of carbonyl (C=O) groups excluding carboxylic acids is 2. The molecule has 1 N–H and O–H groups in total. The highest BCUT2D eigenvalue weighted by atomic mass is 32.1. The van der Waals surface area contributed by atoms with E-state index >= 15 is 0 Å². The molecule has 6 nitrogen and oxygen atoms in total. The lowest BCUT2D eigenvalue weighted by molar-refractivity contribution is -0.121. The van der Waals surface area contributed by atoms with Gasteiger partial charge < -0.3 is 14.8 Å². The number of nitrogens with zero attached hydrogens (tertiary/aromatic N) is 1. The topological polar surface area (TPSA) is 67.9 Å². The molecule has 2 aliphatic rings. The van der Waals surface area contributed by atoms with Crippen LogP contribution in [0.1, 0.15) is 48.0 Å². The van der Waals surface area contributed by atoms with Crippen LogP contribution in [0, 0.1) is 5.92 Å². The van der Waals surface area contributed by atoms with Crippen LogP contribution >= 0.6 is 11.3 Å². The number of ether oxygens (including phenoxy) is 2. The van der Waals surface area contributed by atoms with E-state index in [0.717, 1.165) is 37.9 Å². The number of morpholine rings is 1. The zero-order valence-electron chi connectivity index (χ0n) is 16.0. The van der Waals surface area contributed by atoms with Crippen LogP contribution in [-0.2, 0) is 27.1 Å². The van der Waals surface area contributed by atoms with Gasteiger partial charge in [-0.05, 0) is 44.6 Å². The van der Waals surface area contributed by atoms with Crippen LogP contribution in [0.25, 0.3) is 0 Å². The molecule has 0 saturated carbocycles. The van der Waals surface area contributed by atoms with E-state index < -0.39 is 0 Å². The standard InChI is InChI=1S/C19H28N2O4S/c1-11-5-6-14-15(7-11)26-18(17(14)19(23)24-4)20-16(22)10-21-8-12(2)25-13(3)9-21/h11-13H,5-10H2,1-4H3,(H,20,22)/t11-,12+,13+/m0/s1. The van der Waals surface area contributed by atoms with Crippen LogP contribution in [0.2, 0.25) is 0 Å². The number of methoxy groups -OCH3 is 1. The highest BCUT2D eigenvalue weighted by molar-refractivity contribution is 7.17. The Morgan fingerprint density at radius 1 is 1.27 bits per heavy atom. The summed E-state index contributed by atoms with van der Waals surface area (Å²) in [5, 5.41) is 3.61. The number of hydrogen-bond donors (Lipinski definition) is 1. The van der Waals surface area contributed by atoms with E-state index in [9.17, 15) is 9.59 Å². The van der Waals surface area contributed by atoms with E-state index in [0.29, 0.717) is 23.0 Å². The molecule has 0 aromatic carbocycles. The van der Waals surface area contributed by atoms with Gasteiger partial charge in [0.1, 0.15) is 5.00 Å². The number of hydrogen-bond acceptors (Lipinski definition) is 6. The predicted molar refractivity (Wildman–Crippen MR) is 102 cm³/mol. The maximum atomic E-state index is 12.6. The first-order valence-electron chi connectivity index (χ1n) is 9.27. The number of anilines is 1. The molecular formula is C19H28N2O4S. The molecule has 1 amide bonds. The lowest BCUT2D eigenvalue weighted by atomic mass is 9.88. The molecule has 1 saturated heterocycles. The van der Waals surface area contributed by atoms with E-state index in [2.05, 4.69) is 17.1 Å². The van der Waals surface area contributed by atoms with Crippen molar-refractivity contribution in [1.82, 2.24) is 4.90 Å². The van der Waals surface area contributed by atoms with E-state index in [4.69, 9.17) is 9.47 Å². The molecule has 1 aromatic rings. The summed E-state index contributed by atoms with van der Waals surface area (Å²) in [6.07, 6.45) is 3.12. The highest BCUT2D eigenvalue weighted by Crippen LogP contribution is 2.40. The molecule has 0 spiro atoms. The first-order chi connectivity index (χ1) is 12.4. The number of thiophene rings is 1.